The molecule has 5 N–H and O–H groups in total. The van der Waals surface area contributed by atoms with Crippen LogP contribution in [0.15, 0.2) is 78.0 Å². The van der Waals surface area contributed by atoms with E-state index in [2.05, 4.69) is 26.2 Å². The van der Waals surface area contributed by atoms with Gasteiger partial charge >= 0.3 is 0 Å². The lowest BCUT2D eigenvalue weighted by Gasteiger charge is -2.36. The fraction of sp³-hybridized carbons (Fsp3) is 0.382. The van der Waals surface area contributed by atoms with Crippen LogP contribution in [0.5, 0.6) is 0 Å². The minimum absolute atomic E-state index is 0.0226. The number of aliphatic hydroxyl groups is 1. The number of benzene rings is 3. The number of thioether (sulfide) groups is 1. The minimum Gasteiger partial charge on any atom is -0.397 e. The Kier molecular flexibility index (Phi) is 12.3. The highest BCUT2D eigenvalue weighted by atomic mass is 32.2. The fourth-order valence-corrected chi connectivity index (χ4v) is 6.14. The number of hydrogen-bond donors (Lipinski definition) is 4. The molecule has 3 unspecified atom stereocenters. The Morgan fingerprint density at radius 2 is 1.68 bits per heavy atom. The highest BCUT2D eigenvalue weighted by molar-refractivity contribution is 7.99. The van der Waals surface area contributed by atoms with E-state index in [9.17, 15) is 14.7 Å². The van der Waals surface area contributed by atoms with Crippen LogP contribution in [-0.2, 0) is 32.7 Å². The Labute approximate surface area is 278 Å². The summed E-state index contributed by atoms with van der Waals surface area (Å²) in [5.74, 6) is 0.491. The van der Waals surface area contributed by atoms with Gasteiger partial charge in [-0.15, -0.1) is 5.10 Å². The third kappa shape index (κ3) is 10.1. The van der Waals surface area contributed by atoms with Crippen LogP contribution in [0.2, 0.25) is 0 Å². The van der Waals surface area contributed by atoms with Crippen LogP contribution in [-0.4, -0.2) is 49.0 Å². The van der Waals surface area contributed by atoms with Crippen molar-refractivity contribution in [3.05, 3.63) is 89.5 Å². The average Bonchev–Trinajstić information content (AvgIpc) is 3.50. The summed E-state index contributed by atoms with van der Waals surface area (Å²) in [4.78, 5) is 25.0. The number of carbonyl (C=O) groups is 2. The zero-order valence-electron chi connectivity index (χ0n) is 26.4. The van der Waals surface area contributed by atoms with E-state index in [4.69, 9.17) is 15.2 Å². The topological polar surface area (TPSA) is 167 Å². The van der Waals surface area contributed by atoms with Crippen molar-refractivity contribution in [2.75, 3.05) is 22.1 Å². The van der Waals surface area contributed by atoms with Gasteiger partial charge in [0.2, 0.25) is 17.0 Å². The van der Waals surface area contributed by atoms with Crippen LogP contribution in [0.1, 0.15) is 74.0 Å². The number of aromatic nitrogens is 4. The zero-order valence-corrected chi connectivity index (χ0v) is 27.2. The van der Waals surface area contributed by atoms with E-state index in [-0.39, 0.29) is 30.6 Å². The molecule has 3 atom stereocenters. The number of nitrogens with two attached hydrogens (primary N) is 1. The summed E-state index contributed by atoms with van der Waals surface area (Å²) in [6.45, 7) is -0.0226. The Morgan fingerprint density at radius 1 is 0.936 bits per heavy atom. The molecular formula is C34H41N7O5S. The molecule has 0 bridgehead atoms. The van der Waals surface area contributed by atoms with Crippen LogP contribution >= 0.6 is 11.8 Å². The molecule has 0 radical (unpaired) electrons. The molecule has 1 saturated heterocycles. The maximum atomic E-state index is 12.8. The zero-order chi connectivity index (χ0) is 33.0. The number of aliphatic hydroxyl groups excluding tert-OH is 1. The molecule has 248 valence electrons. The number of rotatable bonds is 15. The molecule has 0 spiro atoms. The highest BCUT2D eigenvalue weighted by Crippen LogP contribution is 2.39. The van der Waals surface area contributed by atoms with Crippen LogP contribution in [0.3, 0.4) is 0 Å². The predicted molar refractivity (Wildman–Crippen MR) is 180 cm³/mol. The van der Waals surface area contributed by atoms with Gasteiger partial charge in [0.1, 0.15) is 0 Å². The number of hydrogen-bond acceptors (Lipinski definition) is 10. The van der Waals surface area contributed by atoms with Gasteiger partial charge in [-0.3, -0.25) is 9.59 Å². The molecule has 5 rings (SSSR count). The van der Waals surface area contributed by atoms with Gasteiger partial charge in [-0.05, 0) is 58.7 Å². The number of amides is 2. The Hall–Kier alpha value is -4.30. The number of nitrogens with zero attached hydrogens (tertiary/aromatic N) is 4. The molecule has 2 heterocycles. The van der Waals surface area contributed by atoms with Crippen molar-refractivity contribution in [1.29, 1.82) is 0 Å². The first-order chi connectivity index (χ1) is 22.9. The quantitative estimate of drug-likeness (QED) is 0.0723. The lowest BCUT2D eigenvalue weighted by molar-refractivity contribution is -0.245. The molecule has 1 aromatic heterocycles. The maximum absolute atomic E-state index is 12.8. The summed E-state index contributed by atoms with van der Waals surface area (Å²) < 4.78 is 14.5. The number of anilines is 3. The van der Waals surface area contributed by atoms with E-state index >= 15 is 0 Å². The third-order valence-electron chi connectivity index (χ3n) is 7.83. The molecule has 1 aliphatic rings. The number of nitrogens with one attached hydrogen (secondary N) is 2. The van der Waals surface area contributed by atoms with Crippen LogP contribution in [0.4, 0.5) is 17.1 Å². The Balaban J connectivity index is 1.11. The van der Waals surface area contributed by atoms with E-state index in [0.29, 0.717) is 47.2 Å². The average molecular weight is 660 g/mol. The van der Waals surface area contributed by atoms with E-state index in [0.717, 1.165) is 42.4 Å². The summed E-state index contributed by atoms with van der Waals surface area (Å²) in [5.41, 5.74) is 10.4. The smallest absolute Gasteiger partial charge is 0.224 e. The van der Waals surface area contributed by atoms with Crippen molar-refractivity contribution in [3.63, 3.8) is 0 Å². The van der Waals surface area contributed by atoms with Gasteiger partial charge in [-0.2, -0.15) is 0 Å². The summed E-state index contributed by atoms with van der Waals surface area (Å²) in [6, 6.07) is 22.5. The second-order valence-corrected chi connectivity index (χ2v) is 12.5. The first-order valence-corrected chi connectivity index (χ1v) is 16.8. The summed E-state index contributed by atoms with van der Waals surface area (Å²) in [6.07, 6.45) is 3.56. The number of aryl methyl sites for hydroxylation is 1. The Morgan fingerprint density at radius 3 is 2.38 bits per heavy atom. The SMILES string of the molecule is Cn1nnnc1SCC1CC(c2ccc(CO)cc2)OC(c2cccc(NC(=O)CCCCCCC(=O)Nc3ccccc3N)c2)O1. The number of tetrazole rings is 1. The highest BCUT2D eigenvalue weighted by Gasteiger charge is 2.32. The fourth-order valence-electron chi connectivity index (χ4n) is 5.27. The van der Waals surface area contributed by atoms with Crippen molar-refractivity contribution in [3.8, 4) is 0 Å². The molecule has 47 heavy (non-hydrogen) atoms. The lowest BCUT2D eigenvalue weighted by Crippen LogP contribution is -2.31. The van der Waals surface area contributed by atoms with Crippen molar-refractivity contribution in [2.24, 2.45) is 7.05 Å². The van der Waals surface area contributed by atoms with Gasteiger partial charge in [-0.1, -0.05) is 73.1 Å². The van der Waals surface area contributed by atoms with Gasteiger partial charge in [0.05, 0.1) is 30.2 Å². The normalized spacial score (nSPS) is 17.7. The molecule has 13 heteroatoms. The number of carbonyl (C=O) groups excluding carboxylic acids is 2. The van der Waals surface area contributed by atoms with Crippen molar-refractivity contribution in [1.82, 2.24) is 20.2 Å². The standard InChI is InChI=1S/C34H41N7O5S/c1-41-34(38-39-40-41)47-22-27-20-30(24-17-15-23(21-42)16-18-24)46-33(45-27)25-9-8-10-26(19-25)36-31(43)13-4-2-3-5-14-32(44)37-29-12-7-6-11-28(29)35/h6-12,15-19,27,30,33,42H,2-5,13-14,20-22,35H2,1H3,(H,36,43)(H,37,44). The molecule has 12 nitrogen and oxygen atoms in total. The molecule has 1 aliphatic heterocycles. The first-order valence-electron chi connectivity index (χ1n) is 15.8. The van der Waals surface area contributed by atoms with Crippen LogP contribution in [0, 0.1) is 0 Å². The minimum atomic E-state index is -0.651. The van der Waals surface area contributed by atoms with E-state index in [1.165, 1.54) is 11.8 Å². The second-order valence-electron chi connectivity index (χ2n) is 11.5. The Bertz CT molecular complexity index is 1620. The largest absolute Gasteiger partial charge is 0.397 e. The lowest BCUT2D eigenvalue weighted by atomic mass is 10.0. The van der Waals surface area contributed by atoms with Gasteiger partial charge in [0.15, 0.2) is 6.29 Å². The summed E-state index contributed by atoms with van der Waals surface area (Å²) in [5, 5.41) is 27.7. The third-order valence-corrected chi connectivity index (χ3v) is 8.97. The first kappa shape index (κ1) is 34.0. The van der Waals surface area contributed by atoms with Crippen LogP contribution in [0.25, 0.3) is 0 Å². The molecule has 1 fully saturated rings. The van der Waals surface area contributed by atoms with E-state index < -0.39 is 6.29 Å². The molecule has 3 aromatic carbocycles. The second kappa shape index (κ2) is 17.0. The van der Waals surface area contributed by atoms with Crippen LogP contribution < -0.4 is 16.4 Å². The van der Waals surface area contributed by atoms with Gasteiger partial charge in [-0.25, -0.2) is 4.68 Å². The maximum Gasteiger partial charge on any atom is 0.224 e. The van der Waals surface area contributed by atoms with Gasteiger partial charge in [0.25, 0.3) is 0 Å². The molecule has 0 saturated carbocycles. The molecule has 4 aromatic rings. The number of para-hydroxylation sites is 2. The molecule has 2 amide bonds. The number of ether oxygens (including phenoxy) is 2. The van der Waals surface area contributed by atoms with Crippen molar-refractivity contribution in [2.45, 2.75) is 75.2 Å². The van der Waals surface area contributed by atoms with Crippen molar-refractivity contribution >= 4 is 40.6 Å². The number of nitrogen functional groups attached to an aromatic ring is 1. The number of unbranched alkanes of at least 4 members (excludes halogenated alkanes) is 3. The van der Waals surface area contributed by atoms with E-state index in [1.54, 1.807) is 23.9 Å². The summed E-state index contributed by atoms with van der Waals surface area (Å²) in [7, 11) is 1.80. The van der Waals surface area contributed by atoms with Crippen molar-refractivity contribution < 1.29 is 24.2 Å². The van der Waals surface area contributed by atoms with E-state index in [1.807, 2.05) is 60.7 Å². The summed E-state index contributed by atoms with van der Waals surface area (Å²) >= 11 is 1.52. The van der Waals surface area contributed by atoms with Gasteiger partial charge in [0, 0.05) is 43.3 Å². The molecular weight excluding hydrogens is 618 g/mol. The predicted octanol–water partition coefficient (Wildman–Crippen LogP) is 5.54. The van der Waals surface area contributed by atoms with Gasteiger partial charge < -0.3 is 30.9 Å². The monoisotopic (exact) mass is 659 g/mol. The molecule has 0 aliphatic carbocycles.